The molecule has 0 aliphatic carbocycles. The lowest BCUT2D eigenvalue weighted by Crippen LogP contribution is -2.01. The smallest absolute Gasteiger partial charge is 0.164 e. The Kier molecular flexibility index (Phi) is 9.55. The molecule has 0 spiro atoms. The summed E-state index contributed by atoms with van der Waals surface area (Å²) in [6.07, 6.45) is 0. The molecule has 0 aliphatic heterocycles. The van der Waals surface area contributed by atoms with Crippen LogP contribution in [0.4, 0.5) is 0 Å². The number of nitriles is 2. The van der Waals surface area contributed by atoms with Crippen LogP contribution < -0.4 is 0 Å². The summed E-state index contributed by atoms with van der Waals surface area (Å²) in [5.41, 5.74) is 8.65. The first-order valence-corrected chi connectivity index (χ1v) is 18.6. The van der Waals surface area contributed by atoms with Crippen LogP contribution in [0.3, 0.4) is 0 Å². The molecule has 0 aliphatic rings. The Labute approximate surface area is 335 Å². The molecule has 8 nitrogen and oxygen atoms in total. The molecular weight excluding hydrogens is 713 g/mol. The van der Waals surface area contributed by atoms with Gasteiger partial charge < -0.3 is 0 Å². The lowest BCUT2D eigenvalue weighted by molar-refractivity contribution is 1.07. The van der Waals surface area contributed by atoms with Gasteiger partial charge in [0, 0.05) is 44.5 Å². The molecule has 8 heteroatoms. The van der Waals surface area contributed by atoms with Crippen molar-refractivity contribution in [2.75, 3.05) is 0 Å². The fourth-order valence-electron chi connectivity index (χ4n) is 6.84. The second-order valence-electron chi connectivity index (χ2n) is 13.4. The number of hydrogen-bond donors (Lipinski definition) is 0. The fraction of sp³-hybridized carbons (Fsp3) is 0. The Morgan fingerprint density at radius 2 is 0.517 bits per heavy atom. The van der Waals surface area contributed by atoms with Crippen LogP contribution in [0, 0.1) is 22.7 Å². The first-order valence-electron chi connectivity index (χ1n) is 18.6. The molecule has 0 atom stereocenters. The highest BCUT2D eigenvalue weighted by Crippen LogP contribution is 2.39. The van der Waals surface area contributed by atoms with Gasteiger partial charge in [-0.25, -0.2) is 29.9 Å². The minimum Gasteiger partial charge on any atom is -0.208 e. The van der Waals surface area contributed by atoms with Gasteiger partial charge in [-0.3, -0.25) is 0 Å². The monoisotopic (exact) mass is 742 g/mol. The van der Waals surface area contributed by atoms with Crippen molar-refractivity contribution in [3.63, 3.8) is 0 Å². The maximum atomic E-state index is 10.5. The normalized spacial score (nSPS) is 10.7. The molecule has 0 amide bonds. The van der Waals surface area contributed by atoms with Crippen molar-refractivity contribution in [1.82, 2.24) is 29.9 Å². The Bertz CT molecular complexity index is 2690. The molecule has 0 saturated heterocycles. The average Bonchev–Trinajstić information content (AvgIpc) is 3.32. The van der Waals surface area contributed by atoms with Crippen molar-refractivity contribution in [2.45, 2.75) is 0 Å². The first-order chi connectivity index (χ1) is 28.6. The van der Waals surface area contributed by atoms with E-state index in [4.69, 9.17) is 29.9 Å². The summed E-state index contributed by atoms with van der Waals surface area (Å²) in [6.45, 7) is 0. The average molecular weight is 743 g/mol. The summed E-state index contributed by atoms with van der Waals surface area (Å²) in [5, 5.41) is 20.9. The maximum absolute atomic E-state index is 10.5. The van der Waals surface area contributed by atoms with E-state index in [-0.39, 0.29) is 0 Å². The second kappa shape index (κ2) is 15.7. The van der Waals surface area contributed by atoms with E-state index in [1.54, 1.807) is 12.1 Å². The van der Waals surface area contributed by atoms with Crippen LogP contribution in [0.15, 0.2) is 182 Å². The molecule has 2 heterocycles. The molecule has 0 radical (unpaired) electrons. The molecule has 2 aromatic heterocycles. The van der Waals surface area contributed by atoms with Gasteiger partial charge in [0.25, 0.3) is 0 Å². The highest BCUT2D eigenvalue weighted by atomic mass is 15.0. The third-order valence-electron chi connectivity index (χ3n) is 9.70. The van der Waals surface area contributed by atoms with Crippen LogP contribution >= 0.6 is 0 Å². The number of nitrogens with zero attached hydrogens (tertiary/aromatic N) is 8. The van der Waals surface area contributed by atoms with E-state index in [2.05, 4.69) is 12.1 Å². The van der Waals surface area contributed by atoms with Gasteiger partial charge in [0.05, 0.1) is 23.3 Å². The van der Waals surface area contributed by atoms with Crippen molar-refractivity contribution >= 4 is 0 Å². The standard InChI is InChI=1S/C50H30N8/c51-31-39-27-25-37(49-55-45(33-15-5-1-6-16-33)53-46(56-49)34-17-7-2-8-18-34)29-43(39)41-23-13-14-24-42(41)44-30-38(26-28-40(44)32-52)50-57-47(35-19-9-3-10-20-35)54-48(58-50)36-21-11-4-12-22-36/h1-30H. The molecule has 0 saturated carbocycles. The molecular formula is C50H30N8. The molecule has 9 rings (SSSR count). The summed E-state index contributed by atoms with van der Waals surface area (Å²) < 4.78 is 0. The molecule has 0 bridgehead atoms. The third-order valence-corrected chi connectivity index (χ3v) is 9.70. The van der Waals surface area contributed by atoms with E-state index < -0.39 is 0 Å². The largest absolute Gasteiger partial charge is 0.208 e. The minimum atomic E-state index is 0.462. The van der Waals surface area contributed by atoms with Crippen LogP contribution in [0.25, 0.3) is 90.6 Å². The van der Waals surface area contributed by atoms with Crippen molar-refractivity contribution in [3.05, 3.63) is 193 Å². The predicted octanol–water partition coefficient (Wildman–Crippen LogP) is 11.1. The van der Waals surface area contributed by atoms with Crippen LogP contribution in [0.2, 0.25) is 0 Å². The topological polar surface area (TPSA) is 125 Å². The van der Waals surface area contributed by atoms with E-state index >= 15 is 0 Å². The van der Waals surface area contributed by atoms with E-state index in [9.17, 15) is 10.5 Å². The molecule has 0 unspecified atom stereocenters. The Morgan fingerprint density at radius 3 is 0.793 bits per heavy atom. The highest BCUT2D eigenvalue weighted by molar-refractivity contribution is 5.90. The molecule has 0 N–H and O–H groups in total. The van der Waals surface area contributed by atoms with Crippen LogP contribution in [0.1, 0.15) is 11.1 Å². The maximum Gasteiger partial charge on any atom is 0.164 e. The number of rotatable bonds is 8. The SMILES string of the molecule is N#Cc1ccc(-c2nc(-c3ccccc3)nc(-c3ccccc3)n2)cc1-c1ccccc1-c1cc(-c2nc(-c3ccccc3)nc(-c3ccccc3)n2)ccc1C#N. The van der Waals surface area contributed by atoms with Crippen molar-refractivity contribution in [3.8, 4) is 103 Å². The first kappa shape index (κ1) is 35.3. The summed E-state index contributed by atoms with van der Waals surface area (Å²) in [5.74, 6) is 3.08. The summed E-state index contributed by atoms with van der Waals surface area (Å²) in [6, 6.07) is 62.9. The van der Waals surface area contributed by atoms with Gasteiger partial charge >= 0.3 is 0 Å². The van der Waals surface area contributed by atoms with Crippen molar-refractivity contribution in [1.29, 1.82) is 10.5 Å². The Hall–Kier alpha value is -8.46. The summed E-state index contributed by atoms with van der Waals surface area (Å²) >= 11 is 0. The highest BCUT2D eigenvalue weighted by Gasteiger charge is 2.20. The van der Waals surface area contributed by atoms with E-state index in [1.165, 1.54) is 0 Å². The van der Waals surface area contributed by atoms with Crippen LogP contribution in [0.5, 0.6) is 0 Å². The molecule has 7 aromatic carbocycles. The lowest BCUT2D eigenvalue weighted by atomic mass is 9.88. The number of benzene rings is 7. The second-order valence-corrected chi connectivity index (χ2v) is 13.4. The molecule has 9 aromatic rings. The van der Waals surface area contributed by atoms with Gasteiger partial charge in [0.1, 0.15) is 0 Å². The van der Waals surface area contributed by atoms with Gasteiger partial charge in [-0.05, 0) is 47.5 Å². The van der Waals surface area contributed by atoms with Gasteiger partial charge in [0.15, 0.2) is 34.9 Å². The van der Waals surface area contributed by atoms with E-state index in [0.29, 0.717) is 68.3 Å². The van der Waals surface area contributed by atoms with Crippen molar-refractivity contribution in [2.24, 2.45) is 0 Å². The minimum absolute atomic E-state index is 0.462. The zero-order chi connectivity index (χ0) is 39.3. The number of hydrogen-bond acceptors (Lipinski definition) is 8. The fourth-order valence-corrected chi connectivity index (χ4v) is 6.84. The zero-order valence-corrected chi connectivity index (χ0v) is 30.9. The Morgan fingerprint density at radius 1 is 0.259 bits per heavy atom. The molecule has 270 valence electrons. The quantitative estimate of drug-likeness (QED) is 0.151. The summed E-state index contributed by atoms with van der Waals surface area (Å²) in [7, 11) is 0. The van der Waals surface area contributed by atoms with E-state index in [1.807, 2.05) is 170 Å². The van der Waals surface area contributed by atoms with Gasteiger partial charge in [0.2, 0.25) is 0 Å². The van der Waals surface area contributed by atoms with Crippen LogP contribution in [-0.4, -0.2) is 29.9 Å². The van der Waals surface area contributed by atoms with Gasteiger partial charge in [-0.15, -0.1) is 0 Å². The Balaban J connectivity index is 1.19. The van der Waals surface area contributed by atoms with E-state index in [0.717, 1.165) is 33.4 Å². The molecule has 0 fully saturated rings. The van der Waals surface area contributed by atoms with Gasteiger partial charge in [-0.1, -0.05) is 146 Å². The zero-order valence-electron chi connectivity index (χ0n) is 30.9. The molecule has 58 heavy (non-hydrogen) atoms. The lowest BCUT2D eigenvalue weighted by Gasteiger charge is -2.15. The van der Waals surface area contributed by atoms with Crippen molar-refractivity contribution < 1.29 is 0 Å². The third kappa shape index (κ3) is 7.09. The number of aromatic nitrogens is 6. The van der Waals surface area contributed by atoms with Gasteiger partial charge in [-0.2, -0.15) is 10.5 Å². The predicted molar refractivity (Wildman–Crippen MR) is 226 cm³/mol. The summed E-state index contributed by atoms with van der Waals surface area (Å²) in [4.78, 5) is 29.4. The van der Waals surface area contributed by atoms with Crippen LogP contribution in [-0.2, 0) is 0 Å².